The summed E-state index contributed by atoms with van der Waals surface area (Å²) in [6.07, 6.45) is 2.63. The molecule has 3 rings (SSSR count). The van der Waals surface area contributed by atoms with Crippen LogP contribution in [0.15, 0.2) is 36.7 Å². The van der Waals surface area contributed by atoms with Crippen LogP contribution in [0.5, 0.6) is 5.88 Å². The Morgan fingerprint density at radius 2 is 2.10 bits per heavy atom. The van der Waals surface area contributed by atoms with Gasteiger partial charge in [-0.25, -0.2) is 9.97 Å². The maximum atomic E-state index is 5.98. The maximum absolute atomic E-state index is 5.98. The first-order chi connectivity index (χ1) is 10.2. The topological polar surface area (TPSA) is 64.3 Å². The summed E-state index contributed by atoms with van der Waals surface area (Å²) >= 11 is 0. The lowest BCUT2D eigenvalue weighted by Crippen LogP contribution is -2.25. The van der Waals surface area contributed by atoms with Gasteiger partial charge >= 0.3 is 0 Å². The molecule has 1 atom stereocenters. The number of likely N-dealkylation sites (tertiary alicyclic amines) is 1. The van der Waals surface area contributed by atoms with Crippen molar-refractivity contribution in [2.24, 2.45) is 0 Å². The second kappa shape index (κ2) is 6.10. The molecular weight excluding hydrogens is 264 g/mol. The van der Waals surface area contributed by atoms with E-state index in [4.69, 9.17) is 10.5 Å². The summed E-state index contributed by atoms with van der Waals surface area (Å²) in [6.45, 7) is 4.81. The zero-order chi connectivity index (χ0) is 14.7. The van der Waals surface area contributed by atoms with Crippen LogP contribution in [0.1, 0.15) is 17.5 Å². The number of hydrogen-bond donors (Lipinski definition) is 1. The van der Waals surface area contributed by atoms with Gasteiger partial charge in [-0.3, -0.25) is 4.90 Å². The van der Waals surface area contributed by atoms with Crippen LogP contribution in [0.2, 0.25) is 0 Å². The van der Waals surface area contributed by atoms with Gasteiger partial charge in [0.2, 0.25) is 5.88 Å². The second-order valence-corrected chi connectivity index (χ2v) is 5.44. The number of benzene rings is 1. The Labute approximate surface area is 124 Å². The van der Waals surface area contributed by atoms with E-state index in [9.17, 15) is 0 Å². The summed E-state index contributed by atoms with van der Waals surface area (Å²) in [6, 6.07) is 10.5. The predicted molar refractivity (Wildman–Crippen MR) is 81.9 cm³/mol. The number of rotatable bonds is 4. The number of nitrogen functional groups attached to an aromatic ring is 1. The fourth-order valence-corrected chi connectivity index (χ4v) is 2.60. The smallest absolute Gasteiger partial charge is 0.221 e. The van der Waals surface area contributed by atoms with Crippen LogP contribution in [-0.2, 0) is 6.54 Å². The van der Waals surface area contributed by atoms with Crippen molar-refractivity contribution in [3.8, 4) is 5.88 Å². The van der Waals surface area contributed by atoms with E-state index in [-0.39, 0.29) is 6.10 Å². The summed E-state index contributed by atoms with van der Waals surface area (Å²) < 4.78 is 5.98. The van der Waals surface area contributed by atoms with Gasteiger partial charge in [-0.05, 0) is 18.9 Å². The molecule has 1 aromatic carbocycles. The SMILES string of the molecule is Cc1c(N)ncnc1OC1CCN(Cc2ccccc2)C1. The Morgan fingerprint density at radius 3 is 2.90 bits per heavy atom. The maximum Gasteiger partial charge on any atom is 0.221 e. The molecule has 2 N–H and O–H groups in total. The highest BCUT2D eigenvalue weighted by Crippen LogP contribution is 2.22. The molecular formula is C16H20N4O. The molecule has 0 amide bonds. The van der Waals surface area contributed by atoms with Crippen molar-refractivity contribution in [1.82, 2.24) is 14.9 Å². The van der Waals surface area contributed by atoms with Crippen molar-refractivity contribution in [2.75, 3.05) is 18.8 Å². The third-order valence-corrected chi connectivity index (χ3v) is 3.83. The van der Waals surface area contributed by atoms with E-state index in [2.05, 4.69) is 39.1 Å². The average Bonchev–Trinajstić information content (AvgIpc) is 2.92. The molecule has 1 saturated heterocycles. The minimum Gasteiger partial charge on any atom is -0.473 e. The normalized spacial score (nSPS) is 18.8. The lowest BCUT2D eigenvalue weighted by Gasteiger charge is -2.17. The third-order valence-electron chi connectivity index (χ3n) is 3.83. The molecule has 2 heterocycles. The summed E-state index contributed by atoms with van der Waals surface area (Å²) in [5.41, 5.74) is 7.94. The Bertz CT molecular complexity index is 602. The van der Waals surface area contributed by atoms with Crippen LogP contribution in [0.3, 0.4) is 0 Å². The average molecular weight is 284 g/mol. The number of nitrogens with two attached hydrogens (primary N) is 1. The Balaban J connectivity index is 1.59. The first-order valence-electron chi connectivity index (χ1n) is 7.22. The number of ether oxygens (including phenoxy) is 1. The molecule has 1 aromatic heterocycles. The first-order valence-corrected chi connectivity index (χ1v) is 7.22. The summed E-state index contributed by atoms with van der Waals surface area (Å²) in [7, 11) is 0. The van der Waals surface area contributed by atoms with Crippen LogP contribution in [0.25, 0.3) is 0 Å². The molecule has 1 unspecified atom stereocenters. The summed E-state index contributed by atoms with van der Waals surface area (Å²) in [4.78, 5) is 10.5. The first kappa shape index (κ1) is 13.8. The molecule has 1 aliphatic rings. The van der Waals surface area contributed by atoms with E-state index >= 15 is 0 Å². The molecule has 0 spiro atoms. The van der Waals surface area contributed by atoms with Crippen LogP contribution < -0.4 is 10.5 Å². The van der Waals surface area contributed by atoms with E-state index in [1.165, 1.54) is 11.9 Å². The van der Waals surface area contributed by atoms with Gasteiger partial charge in [0.05, 0.1) is 5.56 Å². The standard InChI is InChI=1S/C16H20N4O/c1-12-15(17)18-11-19-16(12)21-14-7-8-20(10-14)9-13-5-3-2-4-6-13/h2-6,11,14H,7-10H2,1H3,(H2,17,18,19). The molecule has 0 aliphatic carbocycles. The molecule has 0 radical (unpaired) electrons. The number of aromatic nitrogens is 2. The van der Waals surface area contributed by atoms with E-state index in [1.807, 2.05) is 13.0 Å². The zero-order valence-electron chi connectivity index (χ0n) is 12.2. The van der Waals surface area contributed by atoms with Gasteiger partial charge in [-0.15, -0.1) is 0 Å². The number of anilines is 1. The molecule has 0 bridgehead atoms. The molecule has 1 aliphatic heterocycles. The summed E-state index contributed by atoms with van der Waals surface area (Å²) in [5.74, 6) is 1.09. The molecule has 2 aromatic rings. The molecule has 5 nitrogen and oxygen atoms in total. The van der Waals surface area contributed by atoms with Crippen molar-refractivity contribution < 1.29 is 4.74 Å². The molecule has 110 valence electrons. The highest BCUT2D eigenvalue weighted by Gasteiger charge is 2.25. The highest BCUT2D eigenvalue weighted by atomic mass is 16.5. The van der Waals surface area contributed by atoms with Crippen molar-refractivity contribution in [2.45, 2.75) is 26.0 Å². The van der Waals surface area contributed by atoms with Crippen LogP contribution in [-0.4, -0.2) is 34.1 Å². The molecule has 0 saturated carbocycles. The Hall–Kier alpha value is -2.14. The van der Waals surface area contributed by atoms with E-state index in [0.717, 1.165) is 31.6 Å². The second-order valence-electron chi connectivity index (χ2n) is 5.44. The Morgan fingerprint density at radius 1 is 1.29 bits per heavy atom. The van der Waals surface area contributed by atoms with Gasteiger partial charge in [-0.2, -0.15) is 0 Å². The fourth-order valence-electron chi connectivity index (χ4n) is 2.60. The molecule has 21 heavy (non-hydrogen) atoms. The number of hydrogen-bond acceptors (Lipinski definition) is 5. The van der Waals surface area contributed by atoms with Gasteiger partial charge in [-0.1, -0.05) is 30.3 Å². The van der Waals surface area contributed by atoms with Crippen LogP contribution in [0, 0.1) is 6.92 Å². The minimum atomic E-state index is 0.168. The van der Waals surface area contributed by atoms with E-state index in [0.29, 0.717) is 11.7 Å². The van der Waals surface area contributed by atoms with Crippen molar-refractivity contribution in [3.63, 3.8) is 0 Å². The van der Waals surface area contributed by atoms with Crippen molar-refractivity contribution in [3.05, 3.63) is 47.8 Å². The lowest BCUT2D eigenvalue weighted by molar-refractivity contribution is 0.190. The van der Waals surface area contributed by atoms with Gasteiger partial charge < -0.3 is 10.5 Å². The monoisotopic (exact) mass is 284 g/mol. The van der Waals surface area contributed by atoms with Gasteiger partial charge in [0, 0.05) is 19.6 Å². The molecule has 1 fully saturated rings. The van der Waals surface area contributed by atoms with Gasteiger partial charge in [0.25, 0.3) is 0 Å². The zero-order valence-corrected chi connectivity index (χ0v) is 12.2. The number of nitrogens with zero attached hydrogens (tertiary/aromatic N) is 3. The predicted octanol–water partition coefficient (Wildman–Crippen LogP) is 2.02. The lowest BCUT2D eigenvalue weighted by atomic mass is 10.2. The van der Waals surface area contributed by atoms with Gasteiger partial charge in [0.1, 0.15) is 18.2 Å². The van der Waals surface area contributed by atoms with E-state index < -0.39 is 0 Å². The van der Waals surface area contributed by atoms with E-state index in [1.54, 1.807) is 0 Å². The Kier molecular flexibility index (Phi) is 4.01. The minimum absolute atomic E-state index is 0.168. The summed E-state index contributed by atoms with van der Waals surface area (Å²) in [5, 5.41) is 0. The fraction of sp³-hybridized carbons (Fsp3) is 0.375. The van der Waals surface area contributed by atoms with Crippen molar-refractivity contribution in [1.29, 1.82) is 0 Å². The van der Waals surface area contributed by atoms with Crippen LogP contribution in [0.4, 0.5) is 5.82 Å². The van der Waals surface area contributed by atoms with Gasteiger partial charge in [0.15, 0.2) is 0 Å². The molecule has 5 heteroatoms. The highest BCUT2D eigenvalue weighted by molar-refractivity contribution is 5.43. The van der Waals surface area contributed by atoms with Crippen molar-refractivity contribution >= 4 is 5.82 Å². The van der Waals surface area contributed by atoms with Crippen LogP contribution >= 0.6 is 0 Å². The quantitative estimate of drug-likeness (QED) is 0.930. The largest absolute Gasteiger partial charge is 0.473 e. The third kappa shape index (κ3) is 3.31.